The third kappa shape index (κ3) is 6.56. The molecule has 0 bridgehead atoms. The van der Waals surface area contributed by atoms with Crippen LogP contribution in [0.2, 0.25) is 0 Å². The normalized spacial score (nSPS) is 14.5. The molecule has 0 amide bonds. The highest BCUT2D eigenvalue weighted by atomic mass is 32.2. The van der Waals surface area contributed by atoms with E-state index in [-0.39, 0.29) is 33.1 Å². The predicted molar refractivity (Wildman–Crippen MR) is 134 cm³/mol. The van der Waals surface area contributed by atoms with Crippen molar-refractivity contribution in [2.24, 2.45) is 22.2 Å². The Bertz CT molecular complexity index is 937. The van der Waals surface area contributed by atoms with Gasteiger partial charge in [-0.1, -0.05) is 69.2 Å². The molecule has 1 atom stereocenters. The first-order valence-electron chi connectivity index (χ1n) is 11.7. The fourth-order valence-corrected chi connectivity index (χ4v) is 7.43. The van der Waals surface area contributed by atoms with E-state index in [2.05, 4.69) is 62.3 Å². The summed E-state index contributed by atoms with van der Waals surface area (Å²) < 4.78 is 47.2. The molecule has 0 aliphatic heterocycles. The number of phenols is 1. The van der Waals surface area contributed by atoms with Crippen LogP contribution in [0.25, 0.3) is 0 Å². The Labute approximate surface area is 201 Å². The standard InChI is InChI=1S/C26H46O6S/c1-13-17-20(31-11)19(27)18(22(21(17)32-12)33(28,29)30)23(25(7,8)14-16(2)3)26(9,10)15-24(4,5)6/h16,23,27H,13-15H2,1-12H3,(H,28,29,30). The van der Waals surface area contributed by atoms with Gasteiger partial charge < -0.3 is 14.6 Å². The quantitative estimate of drug-likeness (QED) is 0.352. The van der Waals surface area contributed by atoms with Crippen LogP contribution < -0.4 is 9.47 Å². The van der Waals surface area contributed by atoms with Gasteiger partial charge >= 0.3 is 0 Å². The van der Waals surface area contributed by atoms with E-state index in [1.54, 1.807) is 0 Å². The molecular formula is C26H46O6S. The fraction of sp³-hybridized carbons (Fsp3) is 0.769. The summed E-state index contributed by atoms with van der Waals surface area (Å²) in [6, 6.07) is 0. The molecule has 0 spiro atoms. The van der Waals surface area contributed by atoms with Crippen LogP contribution in [0.3, 0.4) is 0 Å². The van der Waals surface area contributed by atoms with Crippen LogP contribution in [0.4, 0.5) is 0 Å². The molecule has 1 rings (SSSR count). The summed E-state index contributed by atoms with van der Waals surface area (Å²) >= 11 is 0. The molecule has 0 saturated carbocycles. The van der Waals surface area contributed by atoms with Crippen molar-refractivity contribution in [1.29, 1.82) is 0 Å². The maximum atomic E-state index is 12.8. The van der Waals surface area contributed by atoms with E-state index in [1.807, 2.05) is 6.92 Å². The zero-order valence-electron chi connectivity index (χ0n) is 22.7. The summed E-state index contributed by atoms with van der Waals surface area (Å²) in [5, 5.41) is 11.5. The number of benzene rings is 1. The molecule has 1 aromatic rings. The maximum Gasteiger partial charge on any atom is 0.298 e. The third-order valence-corrected chi connectivity index (χ3v) is 7.18. The summed E-state index contributed by atoms with van der Waals surface area (Å²) in [7, 11) is -1.92. The highest BCUT2D eigenvalue weighted by Gasteiger charge is 2.48. The zero-order chi connectivity index (χ0) is 26.2. The maximum absolute atomic E-state index is 12.8. The lowest BCUT2D eigenvalue weighted by Gasteiger charge is -2.49. The van der Waals surface area contributed by atoms with Crippen molar-refractivity contribution in [1.82, 2.24) is 0 Å². The van der Waals surface area contributed by atoms with Crippen LogP contribution in [0.15, 0.2) is 4.90 Å². The van der Waals surface area contributed by atoms with Crippen molar-refractivity contribution in [2.45, 2.75) is 99.3 Å². The molecule has 0 heterocycles. The van der Waals surface area contributed by atoms with Gasteiger partial charge in [0.05, 0.1) is 14.2 Å². The number of phenolic OH excluding ortho intramolecular Hbond substituents is 1. The van der Waals surface area contributed by atoms with E-state index in [0.29, 0.717) is 17.9 Å². The first-order valence-corrected chi connectivity index (χ1v) is 13.2. The van der Waals surface area contributed by atoms with Crippen molar-refractivity contribution in [3.8, 4) is 17.2 Å². The highest BCUT2D eigenvalue weighted by Crippen LogP contribution is 2.60. The Morgan fingerprint density at radius 2 is 1.39 bits per heavy atom. The van der Waals surface area contributed by atoms with Crippen molar-refractivity contribution in [3.63, 3.8) is 0 Å². The van der Waals surface area contributed by atoms with Crippen LogP contribution in [0, 0.1) is 22.2 Å². The van der Waals surface area contributed by atoms with Gasteiger partial charge in [-0.3, -0.25) is 4.55 Å². The SMILES string of the molecule is CCc1c(OC)c(O)c(C(C(C)(C)CC(C)C)C(C)(C)CC(C)(C)C)c(S(=O)(=O)O)c1OC. The van der Waals surface area contributed by atoms with Gasteiger partial charge in [-0.25, -0.2) is 0 Å². The van der Waals surface area contributed by atoms with Crippen molar-refractivity contribution < 1.29 is 27.6 Å². The molecular weight excluding hydrogens is 440 g/mol. The average Bonchev–Trinajstić information content (AvgIpc) is 2.57. The molecule has 33 heavy (non-hydrogen) atoms. The molecule has 0 aromatic heterocycles. The first-order chi connectivity index (χ1) is 14.7. The van der Waals surface area contributed by atoms with Gasteiger partial charge in [0.2, 0.25) is 0 Å². The molecule has 0 aliphatic carbocycles. The average molecular weight is 487 g/mol. The van der Waals surface area contributed by atoms with Crippen molar-refractivity contribution >= 4 is 10.1 Å². The van der Waals surface area contributed by atoms with Crippen molar-refractivity contribution in [3.05, 3.63) is 11.1 Å². The Balaban J connectivity index is 4.34. The molecule has 6 nitrogen and oxygen atoms in total. The molecule has 1 unspecified atom stereocenters. The summed E-state index contributed by atoms with van der Waals surface area (Å²) in [4.78, 5) is -0.357. The minimum Gasteiger partial charge on any atom is -0.504 e. The number of hydrogen-bond donors (Lipinski definition) is 2. The molecule has 0 aliphatic rings. The second kappa shape index (κ2) is 10.0. The van der Waals surface area contributed by atoms with Crippen molar-refractivity contribution in [2.75, 3.05) is 14.2 Å². The number of rotatable bonds is 10. The van der Waals surface area contributed by atoms with Crippen LogP contribution in [-0.2, 0) is 16.5 Å². The van der Waals surface area contributed by atoms with Crippen LogP contribution in [0.5, 0.6) is 17.2 Å². The number of methoxy groups -OCH3 is 2. The molecule has 2 N–H and O–H groups in total. The van der Waals surface area contributed by atoms with E-state index in [0.717, 1.165) is 12.8 Å². The highest BCUT2D eigenvalue weighted by molar-refractivity contribution is 7.86. The minimum atomic E-state index is -4.73. The van der Waals surface area contributed by atoms with E-state index >= 15 is 0 Å². The molecule has 0 radical (unpaired) electrons. The lowest BCUT2D eigenvalue weighted by molar-refractivity contribution is 0.0749. The molecule has 0 fully saturated rings. The van der Waals surface area contributed by atoms with Gasteiger partial charge in [0.15, 0.2) is 11.5 Å². The Morgan fingerprint density at radius 3 is 1.73 bits per heavy atom. The van der Waals surface area contributed by atoms with Gasteiger partial charge in [0.1, 0.15) is 10.6 Å². The summed E-state index contributed by atoms with van der Waals surface area (Å²) in [6.07, 6.45) is 1.90. The Kier molecular flexibility index (Phi) is 8.98. The molecule has 192 valence electrons. The van der Waals surface area contributed by atoms with E-state index in [4.69, 9.17) is 9.47 Å². The second-order valence-corrected chi connectivity index (χ2v) is 13.6. The summed E-state index contributed by atoms with van der Waals surface area (Å²) in [5.41, 5.74) is -0.353. The van der Waals surface area contributed by atoms with Gasteiger partial charge in [-0.05, 0) is 47.3 Å². The Hall–Kier alpha value is -1.47. The van der Waals surface area contributed by atoms with Crippen LogP contribution in [0.1, 0.15) is 99.1 Å². The van der Waals surface area contributed by atoms with Gasteiger partial charge in [-0.15, -0.1) is 0 Å². The van der Waals surface area contributed by atoms with Gasteiger partial charge in [0, 0.05) is 11.1 Å². The lowest BCUT2D eigenvalue weighted by atomic mass is 9.56. The predicted octanol–water partition coefficient (Wildman–Crippen LogP) is 6.84. The molecule has 1 aromatic carbocycles. The second-order valence-electron chi connectivity index (χ2n) is 12.2. The number of aromatic hydroxyl groups is 1. The number of ether oxygens (including phenoxy) is 2. The van der Waals surface area contributed by atoms with Crippen LogP contribution in [-0.4, -0.2) is 32.3 Å². The van der Waals surface area contributed by atoms with Crippen LogP contribution >= 0.6 is 0 Å². The van der Waals surface area contributed by atoms with E-state index in [1.165, 1.54) is 14.2 Å². The van der Waals surface area contributed by atoms with Gasteiger partial charge in [0.25, 0.3) is 10.1 Å². The zero-order valence-corrected chi connectivity index (χ0v) is 23.5. The fourth-order valence-electron chi connectivity index (χ4n) is 6.49. The summed E-state index contributed by atoms with van der Waals surface area (Å²) in [5.74, 6) is -0.123. The lowest BCUT2D eigenvalue weighted by Crippen LogP contribution is -2.38. The largest absolute Gasteiger partial charge is 0.504 e. The molecule has 7 heteroatoms. The summed E-state index contributed by atoms with van der Waals surface area (Å²) in [6.45, 7) is 20.9. The number of hydrogen-bond acceptors (Lipinski definition) is 5. The van der Waals surface area contributed by atoms with E-state index < -0.39 is 26.9 Å². The van der Waals surface area contributed by atoms with E-state index in [9.17, 15) is 18.1 Å². The topological polar surface area (TPSA) is 93.1 Å². The first kappa shape index (κ1) is 29.6. The smallest absolute Gasteiger partial charge is 0.298 e. The minimum absolute atomic E-state index is 0.0292. The monoisotopic (exact) mass is 486 g/mol. The third-order valence-electron chi connectivity index (χ3n) is 6.26. The molecule has 0 saturated heterocycles. The Morgan fingerprint density at radius 1 is 0.909 bits per heavy atom. The van der Waals surface area contributed by atoms with Gasteiger partial charge in [-0.2, -0.15) is 8.42 Å².